The fourth-order valence-electron chi connectivity index (χ4n) is 1.30. The summed E-state index contributed by atoms with van der Waals surface area (Å²) in [6.45, 7) is 0. The van der Waals surface area contributed by atoms with Crippen LogP contribution < -0.4 is 15.6 Å². The number of aromatic amines is 1. The highest BCUT2D eigenvalue weighted by Crippen LogP contribution is 2.25. The van der Waals surface area contributed by atoms with Crippen LogP contribution in [0.1, 0.15) is 0 Å². The van der Waals surface area contributed by atoms with E-state index in [9.17, 15) is 4.79 Å². The SMILES string of the molecule is COc1ccccc1Nc1ccc(=O)[nH]n1. The molecule has 0 spiro atoms. The zero-order valence-corrected chi connectivity index (χ0v) is 8.73. The van der Waals surface area contributed by atoms with Crippen LogP contribution in [0.5, 0.6) is 5.75 Å². The third kappa shape index (κ3) is 2.20. The molecule has 0 aliphatic rings. The van der Waals surface area contributed by atoms with Crippen LogP contribution in [-0.4, -0.2) is 17.3 Å². The van der Waals surface area contributed by atoms with Crippen LogP contribution in [0.25, 0.3) is 0 Å². The minimum Gasteiger partial charge on any atom is -0.495 e. The number of hydrogen-bond acceptors (Lipinski definition) is 4. The van der Waals surface area contributed by atoms with Gasteiger partial charge in [0.25, 0.3) is 5.56 Å². The second-order valence-corrected chi connectivity index (χ2v) is 3.13. The monoisotopic (exact) mass is 217 g/mol. The van der Waals surface area contributed by atoms with Gasteiger partial charge in [0.15, 0.2) is 5.82 Å². The molecule has 0 atom stereocenters. The van der Waals surface area contributed by atoms with Crippen molar-refractivity contribution < 1.29 is 4.74 Å². The summed E-state index contributed by atoms with van der Waals surface area (Å²) in [5.41, 5.74) is 0.565. The van der Waals surface area contributed by atoms with Crippen LogP contribution in [0.3, 0.4) is 0 Å². The fraction of sp³-hybridized carbons (Fsp3) is 0.0909. The lowest BCUT2D eigenvalue weighted by Gasteiger charge is -2.09. The maximum atomic E-state index is 10.8. The molecule has 0 saturated heterocycles. The molecule has 1 heterocycles. The highest BCUT2D eigenvalue weighted by Gasteiger charge is 2.01. The summed E-state index contributed by atoms with van der Waals surface area (Å²) in [7, 11) is 1.60. The Kier molecular flexibility index (Phi) is 2.86. The van der Waals surface area contributed by atoms with Gasteiger partial charge in [-0.1, -0.05) is 12.1 Å². The van der Waals surface area contributed by atoms with Crippen LogP contribution >= 0.6 is 0 Å². The topological polar surface area (TPSA) is 67.0 Å². The van der Waals surface area contributed by atoms with Gasteiger partial charge in [-0.05, 0) is 18.2 Å². The van der Waals surface area contributed by atoms with Gasteiger partial charge in [0, 0.05) is 6.07 Å². The van der Waals surface area contributed by atoms with Gasteiger partial charge >= 0.3 is 0 Å². The summed E-state index contributed by atoms with van der Waals surface area (Å²) in [6.07, 6.45) is 0. The minimum absolute atomic E-state index is 0.231. The summed E-state index contributed by atoms with van der Waals surface area (Å²) in [4.78, 5) is 10.8. The van der Waals surface area contributed by atoms with Crippen molar-refractivity contribution in [1.82, 2.24) is 10.2 Å². The van der Waals surface area contributed by atoms with E-state index < -0.39 is 0 Å². The molecule has 0 aliphatic heterocycles. The molecular formula is C11H11N3O2. The number of aromatic nitrogens is 2. The van der Waals surface area contributed by atoms with Crippen LogP contribution in [0.15, 0.2) is 41.2 Å². The van der Waals surface area contributed by atoms with Crippen molar-refractivity contribution in [3.8, 4) is 5.75 Å². The standard InChI is InChI=1S/C11H11N3O2/c1-16-9-5-3-2-4-8(9)12-10-6-7-11(15)14-13-10/h2-7H,1H3,(H,12,13)(H,14,15). The number of hydrogen-bond donors (Lipinski definition) is 2. The van der Waals surface area contributed by atoms with E-state index in [1.54, 1.807) is 13.2 Å². The van der Waals surface area contributed by atoms with Crippen molar-refractivity contribution in [2.75, 3.05) is 12.4 Å². The number of ether oxygens (including phenoxy) is 1. The van der Waals surface area contributed by atoms with Crippen LogP contribution in [-0.2, 0) is 0 Å². The van der Waals surface area contributed by atoms with Gasteiger partial charge in [0.2, 0.25) is 0 Å². The van der Waals surface area contributed by atoms with Gasteiger partial charge in [0.05, 0.1) is 12.8 Å². The van der Waals surface area contributed by atoms with Crippen molar-refractivity contribution >= 4 is 11.5 Å². The number of benzene rings is 1. The van der Waals surface area contributed by atoms with E-state index in [0.29, 0.717) is 5.82 Å². The van der Waals surface area contributed by atoms with Crippen molar-refractivity contribution in [2.24, 2.45) is 0 Å². The van der Waals surface area contributed by atoms with Crippen molar-refractivity contribution in [2.45, 2.75) is 0 Å². The third-order valence-corrected chi connectivity index (χ3v) is 2.05. The van der Waals surface area contributed by atoms with E-state index in [-0.39, 0.29) is 5.56 Å². The van der Waals surface area contributed by atoms with Gasteiger partial charge in [-0.3, -0.25) is 4.79 Å². The minimum atomic E-state index is -0.231. The summed E-state index contributed by atoms with van der Waals surface area (Å²) in [6, 6.07) is 10.5. The Morgan fingerprint density at radius 3 is 2.75 bits per heavy atom. The Bertz CT molecular complexity index is 516. The van der Waals surface area contributed by atoms with Crippen LogP contribution in [0.2, 0.25) is 0 Å². The molecule has 16 heavy (non-hydrogen) atoms. The summed E-state index contributed by atoms with van der Waals surface area (Å²) < 4.78 is 5.18. The molecular weight excluding hydrogens is 206 g/mol. The predicted octanol–water partition coefficient (Wildman–Crippen LogP) is 1.52. The van der Waals surface area contributed by atoms with Gasteiger partial charge in [-0.2, -0.15) is 5.10 Å². The van der Waals surface area contributed by atoms with Crippen molar-refractivity contribution in [1.29, 1.82) is 0 Å². The molecule has 82 valence electrons. The van der Waals surface area contributed by atoms with E-state index in [2.05, 4.69) is 15.5 Å². The van der Waals surface area contributed by atoms with E-state index in [1.165, 1.54) is 6.07 Å². The molecule has 1 aromatic heterocycles. The summed E-state index contributed by atoms with van der Waals surface area (Å²) in [5.74, 6) is 1.28. The Labute approximate surface area is 92.1 Å². The maximum absolute atomic E-state index is 10.8. The molecule has 0 radical (unpaired) electrons. The lowest BCUT2D eigenvalue weighted by atomic mass is 10.3. The first kappa shape index (κ1) is 10.2. The summed E-state index contributed by atoms with van der Waals surface area (Å²) >= 11 is 0. The number of nitrogens with zero attached hydrogens (tertiary/aromatic N) is 1. The first-order chi connectivity index (χ1) is 7.79. The molecule has 5 nitrogen and oxygen atoms in total. The highest BCUT2D eigenvalue weighted by molar-refractivity contribution is 5.63. The fourth-order valence-corrected chi connectivity index (χ4v) is 1.30. The average molecular weight is 217 g/mol. The Morgan fingerprint density at radius 2 is 2.06 bits per heavy atom. The predicted molar refractivity (Wildman–Crippen MR) is 61.1 cm³/mol. The second-order valence-electron chi connectivity index (χ2n) is 3.13. The molecule has 1 aromatic carbocycles. The Hall–Kier alpha value is -2.30. The van der Waals surface area contributed by atoms with E-state index in [1.807, 2.05) is 24.3 Å². The average Bonchev–Trinajstić information content (AvgIpc) is 2.33. The third-order valence-electron chi connectivity index (χ3n) is 2.05. The van der Waals surface area contributed by atoms with E-state index in [0.717, 1.165) is 11.4 Å². The second kappa shape index (κ2) is 4.48. The molecule has 0 fully saturated rings. The number of anilines is 2. The van der Waals surface area contributed by atoms with Gasteiger partial charge in [0.1, 0.15) is 5.75 Å². The number of para-hydroxylation sites is 2. The molecule has 2 rings (SSSR count). The zero-order chi connectivity index (χ0) is 11.4. The van der Waals surface area contributed by atoms with Gasteiger partial charge in [-0.15, -0.1) is 0 Å². The number of methoxy groups -OCH3 is 1. The first-order valence-corrected chi connectivity index (χ1v) is 4.75. The zero-order valence-electron chi connectivity index (χ0n) is 8.73. The molecule has 0 unspecified atom stereocenters. The molecule has 5 heteroatoms. The smallest absolute Gasteiger partial charge is 0.264 e. The van der Waals surface area contributed by atoms with Gasteiger partial charge in [-0.25, -0.2) is 5.10 Å². The lowest BCUT2D eigenvalue weighted by Crippen LogP contribution is -2.07. The molecule has 2 N–H and O–H groups in total. The summed E-state index contributed by atoms with van der Waals surface area (Å²) in [5, 5.41) is 9.24. The molecule has 0 saturated carbocycles. The molecule has 0 bridgehead atoms. The molecule has 0 amide bonds. The Balaban J connectivity index is 2.26. The molecule has 0 aliphatic carbocycles. The maximum Gasteiger partial charge on any atom is 0.264 e. The quantitative estimate of drug-likeness (QED) is 0.818. The highest BCUT2D eigenvalue weighted by atomic mass is 16.5. The first-order valence-electron chi connectivity index (χ1n) is 4.75. The van der Waals surface area contributed by atoms with Crippen LogP contribution in [0, 0.1) is 0 Å². The van der Waals surface area contributed by atoms with Crippen LogP contribution in [0.4, 0.5) is 11.5 Å². The van der Waals surface area contributed by atoms with Crippen molar-refractivity contribution in [3.05, 3.63) is 46.8 Å². The number of rotatable bonds is 3. The largest absolute Gasteiger partial charge is 0.495 e. The normalized spacial score (nSPS) is 9.81. The Morgan fingerprint density at radius 1 is 1.25 bits per heavy atom. The molecule has 2 aromatic rings. The van der Waals surface area contributed by atoms with E-state index >= 15 is 0 Å². The number of H-pyrrole nitrogens is 1. The van der Waals surface area contributed by atoms with Gasteiger partial charge < -0.3 is 10.1 Å². The van der Waals surface area contributed by atoms with Crippen molar-refractivity contribution in [3.63, 3.8) is 0 Å². The lowest BCUT2D eigenvalue weighted by molar-refractivity contribution is 0.417. The number of nitrogens with one attached hydrogen (secondary N) is 2. The van der Waals surface area contributed by atoms with E-state index in [4.69, 9.17) is 4.74 Å².